The van der Waals surface area contributed by atoms with Gasteiger partial charge < -0.3 is 25.1 Å². The number of hydrogen-bond acceptors (Lipinski definition) is 7. The van der Waals surface area contributed by atoms with Crippen LogP contribution >= 0.6 is 0 Å². The Labute approximate surface area is 238 Å². The number of hydrogen-bond donors (Lipinski definition) is 2. The fourth-order valence-electron chi connectivity index (χ4n) is 5.26. The van der Waals surface area contributed by atoms with E-state index in [1.807, 2.05) is 30.3 Å². The van der Waals surface area contributed by atoms with Crippen LogP contribution in [0.4, 0.5) is 5.69 Å². The van der Waals surface area contributed by atoms with Gasteiger partial charge in [-0.25, -0.2) is 0 Å². The highest BCUT2D eigenvalue weighted by atomic mass is 16.5. The van der Waals surface area contributed by atoms with Gasteiger partial charge in [-0.1, -0.05) is 36.4 Å². The number of ether oxygens (including phenoxy) is 1. The lowest BCUT2D eigenvalue weighted by Gasteiger charge is -2.36. The number of nitrogens with zero attached hydrogens (tertiary/aromatic N) is 2. The van der Waals surface area contributed by atoms with Crippen molar-refractivity contribution in [1.82, 2.24) is 10.2 Å². The van der Waals surface area contributed by atoms with Crippen LogP contribution in [-0.2, 0) is 0 Å². The summed E-state index contributed by atoms with van der Waals surface area (Å²) in [6.07, 6.45) is 0.773. The van der Waals surface area contributed by atoms with E-state index in [-0.39, 0.29) is 11.3 Å². The number of carbonyl (C=O) groups is 2. The van der Waals surface area contributed by atoms with Gasteiger partial charge in [-0.15, -0.1) is 0 Å². The average Bonchev–Trinajstić information content (AvgIpc) is 3.01. The number of amides is 2. The second kappa shape index (κ2) is 12.3. The van der Waals surface area contributed by atoms with Crippen molar-refractivity contribution in [3.63, 3.8) is 0 Å². The zero-order valence-corrected chi connectivity index (χ0v) is 23.3. The summed E-state index contributed by atoms with van der Waals surface area (Å²) in [5.74, 6) is 0.447. The van der Waals surface area contributed by atoms with Crippen LogP contribution < -0.4 is 26.1 Å². The molecule has 9 nitrogen and oxygen atoms in total. The van der Waals surface area contributed by atoms with E-state index in [1.54, 1.807) is 50.4 Å². The van der Waals surface area contributed by atoms with Crippen molar-refractivity contribution >= 4 is 28.5 Å². The number of primary amides is 1. The number of methoxy groups -OCH3 is 1. The van der Waals surface area contributed by atoms with Crippen LogP contribution in [0.15, 0.2) is 75.9 Å². The first-order chi connectivity index (χ1) is 19.9. The molecule has 9 heteroatoms. The minimum Gasteiger partial charge on any atom is -0.495 e. The summed E-state index contributed by atoms with van der Waals surface area (Å²) in [4.78, 5) is 42.4. The number of para-hydroxylation sites is 1. The number of anilines is 1. The smallest absolute Gasteiger partial charge is 0.255 e. The van der Waals surface area contributed by atoms with E-state index in [0.717, 1.165) is 50.4 Å². The predicted octanol–water partition coefficient (Wildman–Crippen LogP) is 3.82. The largest absolute Gasteiger partial charge is 0.495 e. The molecule has 41 heavy (non-hydrogen) atoms. The molecule has 0 spiro atoms. The molecule has 1 saturated heterocycles. The molecule has 2 heterocycles. The maximum atomic E-state index is 13.2. The Hall–Kier alpha value is -4.63. The van der Waals surface area contributed by atoms with E-state index in [9.17, 15) is 14.4 Å². The third kappa shape index (κ3) is 5.95. The van der Waals surface area contributed by atoms with Crippen molar-refractivity contribution in [2.45, 2.75) is 13.3 Å². The minimum atomic E-state index is -0.466. The van der Waals surface area contributed by atoms with Gasteiger partial charge in [0.25, 0.3) is 5.91 Å². The monoisotopic (exact) mass is 554 g/mol. The predicted molar refractivity (Wildman–Crippen MR) is 160 cm³/mol. The van der Waals surface area contributed by atoms with Crippen molar-refractivity contribution < 1.29 is 18.7 Å². The van der Waals surface area contributed by atoms with Crippen LogP contribution in [0.25, 0.3) is 22.3 Å². The molecular formula is C32H34N4O5. The van der Waals surface area contributed by atoms with Crippen molar-refractivity contribution in [3.8, 4) is 17.1 Å². The molecule has 0 atom stereocenters. The van der Waals surface area contributed by atoms with E-state index in [2.05, 4.69) is 15.1 Å². The minimum absolute atomic E-state index is 0.141. The molecule has 5 rings (SSSR count). The number of benzene rings is 3. The topological polar surface area (TPSA) is 118 Å². The van der Waals surface area contributed by atoms with Crippen LogP contribution in [0.5, 0.6) is 5.75 Å². The highest BCUT2D eigenvalue weighted by molar-refractivity contribution is 6.05. The van der Waals surface area contributed by atoms with Crippen LogP contribution in [-0.4, -0.2) is 63.1 Å². The zero-order valence-electron chi connectivity index (χ0n) is 23.3. The Kier molecular flexibility index (Phi) is 8.35. The lowest BCUT2D eigenvalue weighted by Crippen LogP contribution is -2.47. The molecule has 0 aliphatic carbocycles. The summed E-state index contributed by atoms with van der Waals surface area (Å²) < 4.78 is 11.7. The van der Waals surface area contributed by atoms with Gasteiger partial charge in [0.05, 0.1) is 23.7 Å². The molecule has 0 saturated carbocycles. The van der Waals surface area contributed by atoms with E-state index in [4.69, 9.17) is 14.9 Å². The third-order valence-electron chi connectivity index (χ3n) is 7.54. The molecule has 0 radical (unpaired) electrons. The van der Waals surface area contributed by atoms with Gasteiger partial charge in [0.1, 0.15) is 11.5 Å². The SMILES string of the molecule is COc1ccc(C(N)=O)cc1N1CCN(CCCNC(=O)c2cccc3c(=O)c(C)c(-c4ccccc4)oc23)CC1. The number of carbonyl (C=O) groups excluding carboxylic acids is 2. The zero-order chi connectivity index (χ0) is 28.9. The fourth-order valence-corrected chi connectivity index (χ4v) is 5.26. The highest BCUT2D eigenvalue weighted by Crippen LogP contribution is 2.30. The summed E-state index contributed by atoms with van der Waals surface area (Å²) in [5.41, 5.74) is 8.59. The molecule has 0 unspecified atom stereocenters. The number of rotatable bonds is 9. The van der Waals surface area contributed by atoms with Gasteiger partial charge in [-0.3, -0.25) is 19.3 Å². The molecule has 3 N–H and O–H groups in total. The summed E-state index contributed by atoms with van der Waals surface area (Å²) in [6.45, 7) is 6.31. The summed E-state index contributed by atoms with van der Waals surface area (Å²) >= 11 is 0. The number of piperazine rings is 1. The molecule has 3 aromatic carbocycles. The molecule has 2 amide bonds. The van der Waals surface area contributed by atoms with E-state index >= 15 is 0 Å². The first-order valence-electron chi connectivity index (χ1n) is 13.7. The molecule has 4 aromatic rings. The Morgan fingerprint density at radius 3 is 2.46 bits per heavy atom. The van der Waals surface area contributed by atoms with Crippen LogP contribution in [0.1, 0.15) is 32.7 Å². The fraction of sp³-hybridized carbons (Fsp3) is 0.281. The van der Waals surface area contributed by atoms with Crippen LogP contribution in [0.2, 0.25) is 0 Å². The summed E-state index contributed by atoms with van der Waals surface area (Å²) in [5, 5.41) is 3.39. The van der Waals surface area contributed by atoms with Gasteiger partial charge in [0, 0.05) is 49.4 Å². The Bertz CT molecular complexity index is 1620. The van der Waals surface area contributed by atoms with Crippen LogP contribution in [0.3, 0.4) is 0 Å². The van der Waals surface area contributed by atoms with Gasteiger partial charge in [-0.2, -0.15) is 0 Å². The Morgan fingerprint density at radius 1 is 1.00 bits per heavy atom. The van der Waals surface area contributed by atoms with Crippen molar-refractivity contribution in [1.29, 1.82) is 0 Å². The molecule has 1 aliphatic rings. The highest BCUT2D eigenvalue weighted by Gasteiger charge is 2.21. The van der Waals surface area contributed by atoms with Gasteiger partial charge in [-0.05, 0) is 50.2 Å². The Morgan fingerprint density at radius 2 is 1.76 bits per heavy atom. The summed E-state index contributed by atoms with van der Waals surface area (Å²) in [7, 11) is 1.61. The second-order valence-electron chi connectivity index (χ2n) is 10.1. The van der Waals surface area contributed by atoms with E-state index in [1.165, 1.54) is 0 Å². The Balaban J connectivity index is 1.19. The molecule has 1 fully saturated rings. The molecule has 0 bridgehead atoms. The molecular weight excluding hydrogens is 520 g/mol. The molecule has 1 aromatic heterocycles. The lowest BCUT2D eigenvalue weighted by atomic mass is 10.0. The van der Waals surface area contributed by atoms with Crippen LogP contribution in [0, 0.1) is 6.92 Å². The number of fused-ring (bicyclic) bond motifs is 1. The first kappa shape index (κ1) is 27.9. The van der Waals surface area contributed by atoms with Crippen molar-refractivity contribution in [2.75, 3.05) is 51.3 Å². The lowest BCUT2D eigenvalue weighted by molar-refractivity contribution is 0.0950. The standard InChI is InChI=1S/C32H34N4O5/c1-21-28(37)24-10-6-11-25(30(24)41-29(21)22-8-4-3-5-9-22)32(39)34-14-7-15-35-16-18-36(19-17-35)26-20-23(31(33)38)12-13-27(26)40-2/h3-6,8-13,20H,7,14-19H2,1-2H3,(H2,33,38)(H,34,39). The second-order valence-corrected chi connectivity index (χ2v) is 10.1. The van der Waals surface area contributed by atoms with Crippen molar-refractivity contribution in [2.24, 2.45) is 5.73 Å². The maximum Gasteiger partial charge on any atom is 0.255 e. The normalized spacial score (nSPS) is 13.8. The van der Waals surface area contributed by atoms with E-state index < -0.39 is 5.91 Å². The maximum absolute atomic E-state index is 13.2. The quantitative estimate of drug-likeness (QED) is 0.302. The first-order valence-corrected chi connectivity index (χ1v) is 13.7. The summed E-state index contributed by atoms with van der Waals surface area (Å²) in [6, 6.07) is 19.8. The number of nitrogens with one attached hydrogen (secondary N) is 1. The van der Waals surface area contributed by atoms with Gasteiger partial charge in [0.2, 0.25) is 5.91 Å². The molecule has 212 valence electrons. The molecule has 1 aliphatic heterocycles. The third-order valence-corrected chi connectivity index (χ3v) is 7.54. The van der Waals surface area contributed by atoms with Gasteiger partial charge >= 0.3 is 0 Å². The van der Waals surface area contributed by atoms with E-state index in [0.29, 0.717) is 45.7 Å². The average molecular weight is 555 g/mol. The van der Waals surface area contributed by atoms with Gasteiger partial charge in [0.15, 0.2) is 11.0 Å². The number of nitrogens with two attached hydrogens (primary N) is 1. The van der Waals surface area contributed by atoms with Crippen molar-refractivity contribution in [3.05, 3.63) is 93.6 Å².